The van der Waals surface area contributed by atoms with Crippen LogP contribution < -0.4 is 20.7 Å². The number of carbonyl (C=O) groups is 1. The van der Waals surface area contributed by atoms with Gasteiger partial charge < -0.3 is 25.4 Å². The molecule has 2 aliphatic rings. The molecular weight excluding hydrogens is 408 g/mol. The molecule has 1 amide bonds. The number of carbonyl (C=O) groups excluding carboxylic acids is 1. The highest BCUT2D eigenvalue weighted by molar-refractivity contribution is 6.03. The largest absolute Gasteiger partial charge is 0.458 e. The van der Waals surface area contributed by atoms with Crippen LogP contribution in [-0.2, 0) is 9.53 Å². The Morgan fingerprint density at radius 2 is 2.06 bits per heavy atom. The number of rotatable bonds is 10. The van der Waals surface area contributed by atoms with E-state index in [0.717, 1.165) is 25.2 Å². The highest BCUT2D eigenvalue weighted by Gasteiger charge is 2.28. The topological polar surface area (TPSA) is 106 Å². The van der Waals surface area contributed by atoms with Crippen LogP contribution in [0.25, 0.3) is 0 Å². The van der Waals surface area contributed by atoms with Gasteiger partial charge >= 0.3 is 6.01 Å². The number of methoxy groups -OCH3 is 1. The third kappa shape index (κ3) is 6.30. The second kappa shape index (κ2) is 11.1. The summed E-state index contributed by atoms with van der Waals surface area (Å²) in [5.74, 6) is 0.521. The van der Waals surface area contributed by atoms with Crippen LogP contribution in [0.15, 0.2) is 36.0 Å². The maximum absolute atomic E-state index is 12.3. The average molecular weight is 443 g/mol. The van der Waals surface area contributed by atoms with E-state index in [1.807, 2.05) is 24.8 Å². The van der Waals surface area contributed by atoms with Gasteiger partial charge in [-0.1, -0.05) is 24.8 Å². The number of hydrogen-bond donors (Lipinski definition) is 2. The van der Waals surface area contributed by atoms with E-state index < -0.39 is 0 Å². The van der Waals surface area contributed by atoms with Crippen molar-refractivity contribution in [3.63, 3.8) is 0 Å². The van der Waals surface area contributed by atoms with Gasteiger partial charge in [0.15, 0.2) is 11.6 Å². The summed E-state index contributed by atoms with van der Waals surface area (Å²) in [5, 5.41) is 2.77. The fraction of sp³-hybridized carbons (Fsp3) is 0.522. The Morgan fingerprint density at radius 1 is 1.31 bits per heavy atom. The van der Waals surface area contributed by atoms with Crippen molar-refractivity contribution in [3.05, 3.63) is 36.0 Å². The highest BCUT2D eigenvalue weighted by Crippen LogP contribution is 2.34. The lowest BCUT2D eigenvalue weighted by Gasteiger charge is -2.30. The number of fused-ring (bicyclic) bond motifs is 1. The number of likely N-dealkylation sites (tertiary alicyclic amines) is 1. The lowest BCUT2D eigenvalue weighted by atomic mass is 10.1. The minimum atomic E-state index is -0.240. The molecule has 1 saturated heterocycles. The molecule has 0 unspecified atom stereocenters. The molecule has 3 N–H and O–H groups in total. The molecule has 32 heavy (non-hydrogen) atoms. The van der Waals surface area contributed by atoms with E-state index in [4.69, 9.17) is 15.2 Å². The van der Waals surface area contributed by atoms with Gasteiger partial charge in [-0.3, -0.25) is 9.69 Å². The maximum Gasteiger partial charge on any atom is 0.320 e. The summed E-state index contributed by atoms with van der Waals surface area (Å²) in [4.78, 5) is 25.3. The van der Waals surface area contributed by atoms with Gasteiger partial charge in [0, 0.05) is 20.2 Å². The minimum absolute atomic E-state index is 0.147. The van der Waals surface area contributed by atoms with Crippen molar-refractivity contribution in [2.24, 2.45) is 0 Å². The van der Waals surface area contributed by atoms with Gasteiger partial charge in [-0.25, -0.2) is 0 Å². The first-order chi connectivity index (χ1) is 15.4. The second-order valence-corrected chi connectivity index (χ2v) is 8.24. The Morgan fingerprint density at radius 3 is 2.75 bits per heavy atom. The molecule has 1 atom stereocenters. The Kier molecular flexibility index (Phi) is 8.24. The molecular formula is C23H34N6O3. The molecule has 0 bridgehead atoms. The van der Waals surface area contributed by atoms with E-state index >= 15 is 0 Å². The first-order valence-electron chi connectivity index (χ1n) is 11.0. The predicted molar refractivity (Wildman–Crippen MR) is 127 cm³/mol. The molecule has 0 spiro atoms. The van der Waals surface area contributed by atoms with Crippen LogP contribution in [0.1, 0.15) is 26.7 Å². The van der Waals surface area contributed by atoms with Crippen molar-refractivity contribution < 1.29 is 14.3 Å². The summed E-state index contributed by atoms with van der Waals surface area (Å²) < 4.78 is 10.8. The number of nitrogens with one attached hydrogen (secondary N) is 1. The van der Waals surface area contributed by atoms with Crippen LogP contribution in [0, 0.1) is 0 Å². The summed E-state index contributed by atoms with van der Waals surface area (Å²) >= 11 is 0. The van der Waals surface area contributed by atoms with Gasteiger partial charge in [-0.2, -0.15) is 9.97 Å². The number of nitrogen functional groups attached to an aromatic ring is 1. The number of anilines is 3. The molecule has 174 valence electrons. The lowest BCUT2D eigenvalue weighted by molar-refractivity contribution is -0.115. The van der Waals surface area contributed by atoms with Crippen molar-refractivity contribution in [2.75, 3.05) is 62.4 Å². The summed E-state index contributed by atoms with van der Waals surface area (Å²) in [6.45, 7) is 12.2. The normalized spacial score (nSPS) is 18.0. The smallest absolute Gasteiger partial charge is 0.320 e. The van der Waals surface area contributed by atoms with Crippen LogP contribution in [0.2, 0.25) is 0 Å². The molecule has 3 heterocycles. The summed E-state index contributed by atoms with van der Waals surface area (Å²) in [7, 11) is 1.60. The number of allylic oxidation sites excluding steroid dienone is 1. The number of aromatic nitrogens is 2. The molecule has 0 aliphatic carbocycles. The summed E-state index contributed by atoms with van der Waals surface area (Å²) in [6.07, 6.45) is 8.50. The van der Waals surface area contributed by atoms with E-state index in [1.165, 1.54) is 18.4 Å². The molecule has 0 aromatic carbocycles. The predicted octanol–water partition coefficient (Wildman–Crippen LogP) is 2.39. The van der Waals surface area contributed by atoms with Crippen LogP contribution in [0.3, 0.4) is 0 Å². The summed E-state index contributed by atoms with van der Waals surface area (Å²) in [6, 6.07) is 0.150. The van der Waals surface area contributed by atoms with Gasteiger partial charge in [-0.15, -0.1) is 0 Å². The highest BCUT2D eigenvalue weighted by atomic mass is 16.5. The second-order valence-electron chi connectivity index (χ2n) is 8.24. The molecule has 1 aromatic heterocycles. The van der Waals surface area contributed by atoms with E-state index in [-0.39, 0.29) is 30.4 Å². The molecule has 1 fully saturated rings. The first kappa shape index (κ1) is 23.7. The average Bonchev–Trinajstić information content (AvgIpc) is 3.22. The Hall–Kier alpha value is -2.91. The Bertz CT molecular complexity index is 892. The molecule has 3 rings (SSSR count). The van der Waals surface area contributed by atoms with Gasteiger partial charge in [0.05, 0.1) is 13.2 Å². The number of nitrogens with zero attached hydrogens (tertiary/aromatic N) is 4. The third-order valence-electron chi connectivity index (χ3n) is 5.27. The van der Waals surface area contributed by atoms with E-state index in [1.54, 1.807) is 7.11 Å². The van der Waals surface area contributed by atoms with Gasteiger partial charge in [-0.05, 0) is 50.9 Å². The van der Waals surface area contributed by atoms with Gasteiger partial charge in [0.25, 0.3) is 0 Å². The zero-order valence-electron chi connectivity index (χ0n) is 19.3. The molecule has 0 saturated carbocycles. The quantitative estimate of drug-likeness (QED) is 0.532. The van der Waals surface area contributed by atoms with Gasteiger partial charge in [0.2, 0.25) is 5.91 Å². The fourth-order valence-corrected chi connectivity index (χ4v) is 3.97. The molecule has 2 aliphatic heterocycles. The third-order valence-corrected chi connectivity index (χ3v) is 5.27. The number of nitrogens with two attached hydrogens (primary N) is 1. The zero-order valence-corrected chi connectivity index (χ0v) is 19.3. The number of ether oxygens (including phenoxy) is 2. The number of amides is 1. The lowest BCUT2D eigenvalue weighted by Crippen LogP contribution is -2.40. The Labute approximate surface area is 190 Å². The zero-order chi connectivity index (χ0) is 23.1. The van der Waals surface area contributed by atoms with E-state index in [0.29, 0.717) is 24.7 Å². The van der Waals surface area contributed by atoms with E-state index in [2.05, 4.69) is 38.9 Å². The van der Waals surface area contributed by atoms with Crippen LogP contribution in [0.4, 0.5) is 17.3 Å². The molecule has 9 heteroatoms. The van der Waals surface area contributed by atoms with Crippen LogP contribution >= 0.6 is 0 Å². The minimum Gasteiger partial charge on any atom is -0.458 e. The number of hydrogen-bond acceptors (Lipinski definition) is 8. The Balaban J connectivity index is 1.79. The SMILES string of the molecule is C=C(/C=C(\C=C/C)CN1CCCC1)CN1CC(=O)Nc2c(N)nc(O[C@@H](C)COC)nc21. The maximum atomic E-state index is 12.3. The van der Waals surface area contributed by atoms with Crippen molar-refractivity contribution in [2.45, 2.75) is 32.8 Å². The molecule has 1 aromatic rings. The van der Waals surface area contributed by atoms with Crippen molar-refractivity contribution in [1.82, 2.24) is 14.9 Å². The van der Waals surface area contributed by atoms with E-state index in [9.17, 15) is 4.79 Å². The van der Waals surface area contributed by atoms with Crippen molar-refractivity contribution in [3.8, 4) is 6.01 Å². The van der Waals surface area contributed by atoms with Crippen LogP contribution in [-0.4, -0.2) is 73.3 Å². The standard InChI is InChI=1S/C23H34N6O3/c1-5-8-18(13-28-9-6-7-10-28)11-16(2)12-29-14-19(30)25-20-21(24)26-23(27-22(20)29)32-17(3)15-31-4/h5,8,11,17H,2,6-7,9-10,12-15H2,1,3-4H3,(H,25,30)(H2,24,26,27)/b8-5-,18-11+/t17-/m0/s1. The first-order valence-corrected chi connectivity index (χ1v) is 11.0. The van der Waals surface area contributed by atoms with Gasteiger partial charge in [0.1, 0.15) is 11.8 Å². The van der Waals surface area contributed by atoms with Crippen LogP contribution in [0.5, 0.6) is 6.01 Å². The molecule has 0 radical (unpaired) electrons. The fourth-order valence-electron chi connectivity index (χ4n) is 3.97. The van der Waals surface area contributed by atoms with Crippen molar-refractivity contribution in [1.29, 1.82) is 0 Å². The monoisotopic (exact) mass is 442 g/mol. The summed E-state index contributed by atoms with van der Waals surface area (Å²) in [5.41, 5.74) is 8.58. The molecule has 9 nitrogen and oxygen atoms in total. The van der Waals surface area contributed by atoms with Crippen molar-refractivity contribution >= 4 is 23.2 Å².